The topological polar surface area (TPSA) is 66.9 Å². The van der Waals surface area contributed by atoms with Gasteiger partial charge in [-0.05, 0) is 81.7 Å². The molecule has 3 fully saturated rings. The molecule has 0 radical (unpaired) electrons. The van der Waals surface area contributed by atoms with E-state index in [1.165, 1.54) is 0 Å². The minimum absolute atomic E-state index is 0.00818. The van der Waals surface area contributed by atoms with Crippen LogP contribution in [0.2, 0.25) is 0 Å². The number of hydrogen-bond acceptors (Lipinski definition) is 6. The number of amides is 1. The van der Waals surface area contributed by atoms with Crippen molar-refractivity contribution in [2.75, 3.05) is 30.0 Å². The Hall–Kier alpha value is -2.71. The number of ether oxygens (including phenoxy) is 2. The van der Waals surface area contributed by atoms with E-state index in [1.54, 1.807) is 30.5 Å². The Labute approximate surface area is 187 Å². The van der Waals surface area contributed by atoms with Crippen LogP contribution < -0.4 is 24.6 Å². The number of nitrogens with one attached hydrogen (secondary N) is 1. The lowest BCUT2D eigenvalue weighted by Gasteiger charge is -2.43. The molecule has 31 heavy (non-hydrogen) atoms. The lowest BCUT2D eigenvalue weighted by molar-refractivity contribution is -0.123. The van der Waals surface area contributed by atoms with E-state index >= 15 is 0 Å². The summed E-state index contributed by atoms with van der Waals surface area (Å²) in [6.45, 7) is 1.98. The molecule has 3 aliphatic rings. The molecule has 5 rings (SSSR count). The number of thiocarbonyl (C=S) groups is 1. The van der Waals surface area contributed by atoms with Crippen molar-refractivity contribution in [3.63, 3.8) is 0 Å². The third-order valence-corrected chi connectivity index (χ3v) is 6.83. The summed E-state index contributed by atoms with van der Waals surface area (Å²) in [5.74, 6) is 1.45. The summed E-state index contributed by atoms with van der Waals surface area (Å²) in [4.78, 5) is 21.4. The van der Waals surface area contributed by atoms with E-state index in [2.05, 4.69) is 10.3 Å². The Balaban J connectivity index is 1.42. The molecule has 2 aliphatic heterocycles. The molecule has 0 atom stereocenters. The van der Waals surface area contributed by atoms with Gasteiger partial charge in [0.15, 0.2) is 5.11 Å². The van der Waals surface area contributed by atoms with Crippen LogP contribution in [0.15, 0.2) is 42.7 Å². The first-order chi connectivity index (χ1) is 15.1. The second-order valence-electron chi connectivity index (χ2n) is 8.29. The fourth-order valence-electron chi connectivity index (χ4n) is 4.63. The summed E-state index contributed by atoms with van der Waals surface area (Å²) < 4.78 is 11.4. The van der Waals surface area contributed by atoms with Crippen molar-refractivity contribution in [2.45, 2.75) is 43.7 Å². The molecule has 8 heteroatoms. The summed E-state index contributed by atoms with van der Waals surface area (Å²) in [6.07, 6.45) is 8.12. The maximum absolute atomic E-state index is 13.5. The van der Waals surface area contributed by atoms with E-state index in [-0.39, 0.29) is 12.0 Å². The molecule has 1 amide bonds. The molecule has 1 aromatic heterocycles. The van der Waals surface area contributed by atoms with Crippen molar-refractivity contribution in [2.24, 2.45) is 0 Å². The Kier molecular flexibility index (Phi) is 5.27. The van der Waals surface area contributed by atoms with Crippen LogP contribution in [0, 0.1) is 0 Å². The third-order valence-electron chi connectivity index (χ3n) is 6.47. The minimum atomic E-state index is -0.614. The number of benzene rings is 1. The van der Waals surface area contributed by atoms with Crippen LogP contribution in [0.25, 0.3) is 0 Å². The van der Waals surface area contributed by atoms with Crippen molar-refractivity contribution in [1.29, 1.82) is 0 Å². The number of carbonyl (C=O) groups is 1. The maximum Gasteiger partial charge on any atom is 0.259 e. The zero-order valence-corrected chi connectivity index (χ0v) is 18.4. The second-order valence-corrected chi connectivity index (χ2v) is 8.65. The Morgan fingerprint density at radius 3 is 2.48 bits per heavy atom. The van der Waals surface area contributed by atoms with E-state index in [4.69, 9.17) is 21.7 Å². The summed E-state index contributed by atoms with van der Waals surface area (Å²) in [5.41, 5.74) is 0.931. The molecular formula is C23H26N4O3S. The van der Waals surface area contributed by atoms with Gasteiger partial charge in [0.1, 0.15) is 23.1 Å². The molecular weight excluding hydrogens is 412 g/mol. The van der Waals surface area contributed by atoms with Crippen molar-refractivity contribution in [3.8, 4) is 11.5 Å². The highest BCUT2D eigenvalue weighted by atomic mass is 32.1. The summed E-state index contributed by atoms with van der Waals surface area (Å²) in [5, 5.41) is 3.83. The summed E-state index contributed by atoms with van der Waals surface area (Å²) in [7, 11) is 1.58. The molecule has 0 unspecified atom stereocenters. The predicted molar refractivity (Wildman–Crippen MR) is 123 cm³/mol. The molecule has 162 valence electrons. The van der Waals surface area contributed by atoms with Crippen LogP contribution in [0.4, 0.5) is 11.4 Å². The number of nitrogens with zero attached hydrogens (tertiary/aromatic N) is 3. The molecule has 1 saturated carbocycles. The zero-order chi connectivity index (χ0) is 21.4. The number of pyridine rings is 1. The number of rotatable bonds is 5. The zero-order valence-electron chi connectivity index (χ0n) is 17.5. The van der Waals surface area contributed by atoms with Gasteiger partial charge in [0, 0.05) is 11.8 Å². The van der Waals surface area contributed by atoms with Gasteiger partial charge < -0.3 is 19.7 Å². The van der Waals surface area contributed by atoms with Crippen LogP contribution >= 0.6 is 12.2 Å². The highest BCUT2D eigenvalue weighted by Crippen LogP contribution is 2.48. The van der Waals surface area contributed by atoms with Crippen LogP contribution in [-0.4, -0.2) is 47.8 Å². The lowest BCUT2D eigenvalue weighted by atomic mass is 9.75. The first-order valence-corrected chi connectivity index (χ1v) is 11.2. The smallest absolute Gasteiger partial charge is 0.259 e. The SMILES string of the molecule is COc1cncc(N2C(=O)C3(CCC3)N(c3ccc(OC4CCNCC4)cc3)C2=S)c1. The quantitative estimate of drug-likeness (QED) is 0.719. The van der Waals surface area contributed by atoms with Gasteiger partial charge in [-0.25, -0.2) is 0 Å². The van der Waals surface area contributed by atoms with Gasteiger partial charge in [0.2, 0.25) is 0 Å². The summed E-state index contributed by atoms with van der Waals surface area (Å²) in [6, 6.07) is 9.76. The van der Waals surface area contributed by atoms with E-state index in [0.717, 1.165) is 56.6 Å². The van der Waals surface area contributed by atoms with E-state index < -0.39 is 5.54 Å². The van der Waals surface area contributed by atoms with Crippen LogP contribution in [0.1, 0.15) is 32.1 Å². The lowest BCUT2D eigenvalue weighted by Crippen LogP contribution is -2.55. The molecule has 1 aliphatic carbocycles. The first-order valence-electron chi connectivity index (χ1n) is 10.8. The van der Waals surface area contributed by atoms with Crippen LogP contribution in [0.5, 0.6) is 11.5 Å². The molecule has 1 N–H and O–H groups in total. The minimum Gasteiger partial charge on any atom is -0.495 e. The molecule has 3 heterocycles. The average molecular weight is 439 g/mol. The van der Waals surface area contributed by atoms with Crippen molar-refractivity contribution < 1.29 is 14.3 Å². The third kappa shape index (κ3) is 3.43. The van der Waals surface area contributed by atoms with E-state index in [1.807, 2.05) is 29.2 Å². The van der Waals surface area contributed by atoms with E-state index in [0.29, 0.717) is 16.5 Å². The molecule has 1 aromatic carbocycles. The number of carbonyl (C=O) groups excluding carboxylic acids is 1. The van der Waals surface area contributed by atoms with Gasteiger partial charge in [-0.1, -0.05) is 0 Å². The van der Waals surface area contributed by atoms with Gasteiger partial charge in [-0.2, -0.15) is 0 Å². The Bertz CT molecular complexity index is 987. The van der Waals surface area contributed by atoms with E-state index in [9.17, 15) is 4.79 Å². The highest BCUT2D eigenvalue weighted by molar-refractivity contribution is 7.81. The fraction of sp³-hybridized carbons (Fsp3) is 0.435. The van der Waals surface area contributed by atoms with Gasteiger partial charge in [-0.3, -0.25) is 14.7 Å². The molecule has 7 nitrogen and oxygen atoms in total. The molecule has 2 aromatic rings. The van der Waals surface area contributed by atoms with Crippen LogP contribution in [0.3, 0.4) is 0 Å². The second kappa shape index (κ2) is 8.09. The fourth-order valence-corrected chi connectivity index (χ4v) is 5.10. The standard InChI is InChI=1S/C23H26N4O3S/c1-29-20-13-17(14-25-15-20)26-21(28)23(9-2-10-23)27(22(26)31)16-3-5-18(6-4-16)30-19-7-11-24-12-8-19/h3-6,13-15,19,24H,2,7-12H2,1H3. The van der Waals surface area contributed by atoms with Gasteiger partial charge in [-0.15, -0.1) is 0 Å². The normalized spacial score (nSPS) is 20.8. The number of anilines is 2. The van der Waals surface area contributed by atoms with Crippen molar-refractivity contribution in [1.82, 2.24) is 10.3 Å². The number of aromatic nitrogens is 1. The molecule has 2 saturated heterocycles. The van der Waals surface area contributed by atoms with Crippen molar-refractivity contribution in [3.05, 3.63) is 42.7 Å². The van der Waals surface area contributed by atoms with Gasteiger partial charge >= 0.3 is 0 Å². The molecule has 1 spiro atoms. The Morgan fingerprint density at radius 1 is 1.10 bits per heavy atom. The van der Waals surface area contributed by atoms with Gasteiger partial charge in [0.05, 0.1) is 25.2 Å². The predicted octanol–water partition coefficient (Wildman–Crippen LogP) is 3.28. The number of piperidine rings is 1. The van der Waals surface area contributed by atoms with Crippen molar-refractivity contribution >= 4 is 34.6 Å². The number of methoxy groups -OCH3 is 1. The Morgan fingerprint density at radius 2 is 1.84 bits per heavy atom. The van der Waals surface area contributed by atoms with Crippen LogP contribution in [-0.2, 0) is 4.79 Å². The first kappa shape index (κ1) is 20.2. The average Bonchev–Trinajstić information content (AvgIpc) is 3.02. The number of hydrogen-bond donors (Lipinski definition) is 1. The molecule has 0 bridgehead atoms. The largest absolute Gasteiger partial charge is 0.495 e. The monoisotopic (exact) mass is 438 g/mol. The maximum atomic E-state index is 13.5. The summed E-state index contributed by atoms with van der Waals surface area (Å²) >= 11 is 5.82. The highest BCUT2D eigenvalue weighted by Gasteiger charge is 2.59. The van der Waals surface area contributed by atoms with Gasteiger partial charge in [0.25, 0.3) is 5.91 Å².